The Morgan fingerprint density at radius 1 is 1.17 bits per heavy atom. The molecule has 4 rings (SSSR count). The summed E-state index contributed by atoms with van der Waals surface area (Å²) in [6.45, 7) is 6.63. The van der Waals surface area contributed by atoms with Gasteiger partial charge in [0, 0.05) is 37.4 Å². The van der Waals surface area contributed by atoms with Gasteiger partial charge in [0.25, 0.3) is 0 Å². The number of benzene rings is 1. The van der Waals surface area contributed by atoms with Crippen molar-refractivity contribution in [2.75, 3.05) is 29.9 Å². The van der Waals surface area contributed by atoms with Crippen LogP contribution in [0.3, 0.4) is 0 Å². The second kappa shape index (κ2) is 8.74. The summed E-state index contributed by atoms with van der Waals surface area (Å²) in [7, 11) is 0. The molecule has 30 heavy (non-hydrogen) atoms. The first-order chi connectivity index (χ1) is 14.7. The molecule has 8 heteroatoms. The third-order valence-electron chi connectivity index (χ3n) is 5.39. The fraction of sp³-hybridized carbons (Fsp3) is 0.318. The monoisotopic (exact) mass is 400 g/mol. The minimum Gasteiger partial charge on any atom is -0.351 e. The molecule has 1 aliphatic rings. The second-order valence-electron chi connectivity index (χ2n) is 7.57. The molecule has 8 nitrogen and oxygen atoms in total. The largest absolute Gasteiger partial charge is 0.351 e. The van der Waals surface area contributed by atoms with E-state index in [-0.39, 0.29) is 6.04 Å². The first kappa shape index (κ1) is 19.6. The number of nitriles is 1. The van der Waals surface area contributed by atoms with Gasteiger partial charge < -0.3 is 15.1 Å². The van der Waals surface area contributed by atoms with Crippen LogP contribution in [0.5, 0.6) is 0 Å². The van der Waals surface area contributed by atoms with Crippen LogP contribution in [0.25, 0.3) is 10.9 Å². The van der Waals surface area contributed by atoms with Crippen LogP contribution < -0.4 is 10.2 Å². The number of pyridine rings is 1. The van der Waals surface area contributed by atoms with Gasteiger partial charge >= 0.3 is 0 Å². The maximum Gasteiger partial charge on any atom is 0.214 e. The van der Waals surface area contributed by atoms with E-state index < -0.39 is 0 Å². The van der Waals surface area contributed by atoms with Gasteiger partial charge in [-0.3, -0.25) is 4.98 Å². The van der Waals surface area contributed by atoms with E-state index in [9.17, 15) is 5.26 Å². The summed E-state index contributed by atoms with van der Waals surface area (Å²) in [5, 5.41) is 22.0. The smallest absolute Gasteiger partial charge is 0.214 e. The van der Waals surface area contributed by atoms with E-state index in [2.05, 4.69) is 49.1 Å². The maximum atomic E-state index is 9.37. The molecule has 2 aromatic heterocycles. The third-order valence-corrected chi connectivity index (χ3v) is 5.39. The Bertz CT molecular complexity index is 1070. The lowest BCUT2D eigenvalue weighted by Crippen LogP contribution is -2.58. The van der Waals surface area contributed by atoms with Crippen LogP contribution in [0.1, 0.15) is 13.8 Å². The Balaban J connectivity index is 1.62. The number of anilines is 2. The van der Waals surface area contributed by atoms with Gasteiger partial charge in [0.2, 0.25) is 12.2 Å². The van der Waals surface area contributed by atoms with Crippen LogP contribution in [-0.2, 0) is 0 Å². The standard InChI is InChI=1S/C22H24N8/c1-16(2)20-14-29(21-9-5-11-26-28-21)12-13-30(20)22(25-15-23)27-19-8-3-7-18-17(19)6-4-10-24-18/h3-11,16,20H,12-14H2,1-2H3,(H,25,27). The lowest BCUT2D eigenvalue weighted by atomic mass is 9.99. The van der Waals surface area contributed by atoms with E-state index >= 15 is 0 Å². The Morgan fingerprint density at radius 2 is 2.03 bits per heavy atom. The van der Waals surface area contributed by atoms with E-state index in [0.717, 1.165) is 42.0 Å². The number of piperazine rings is 1. The molecule has 0 aliphatic carbocycles. The SMILES string of the molecule is CC(C)C1CN(c2cccnn2)CCN1/C(=N/C#N)Nc1cccc2ncccc12. The lowest BCUT2D eigenvalue weighted by Gasteiger charge is -2.44. The Hall–Kier alpha value is -3.73. The molecule has 1 saturated heterocycles. The normalized spacial score (nSPS) is 17.3. The van der Waals surface area contributed by atoms with Crippen molar-refractivity contribution >= 4 is 28.4 Å². The van der Waals surface area contributed by atoms with Crippen molar-refractivity contribution < 1.29 is 0 Å². The van der Waals surface area contributed by atoms with E-state index in [0.29, 0.717) is 11.9 Å². The molecule has 1 aromatic carbocycles. The van der Waals surface area contributed by atoms with Gasteiger partial charge in [-0.15, -0.1) is 10.1 Å². The average Bonchev–Trinajstić information content (AvgIpc) is 2.79. The van der Waals surface area contributed by atoms with Crippen molar-refractivity contribution in [2.45, 2.75) is 19.9 Å². The quantitative estimate of drug-likeness (QED) is 0.410. The summed E-state index contributed by atoms with van der Waals surface area (Å²) in [6, 6.07) is 13.9. The fourth-order valence-electron chi connectivity index (χ4n) is 3.86. The van der Waals surface area contributed by atoms with Gasteiger partial charge in [-0.05, 0) is 42.3 Å². The highest BCUT2D eigenvalue weighted by atomic mass is 15.4. The predicted molar refractivity (Wildman–Crippen MR) is 118 cm³/mol. The zero-order chi connectivity index (χ0) is 20.9. The maximum absolute atomic E-state index is 9.37. The number of fused-ring (bicyclic) bond motifs is 1. The molecule has 0 bridgehead atoms. The second-order valence-corrected chi connectivity index (χ2v) is 7.57. The van der Waals surface area contributed by atoms with Gasteiger partial charge in [0.1, 0.15) is 0 Å². The third kappa shape index (κ3) is 4.01. The molecule has 1 N–H and O–H groups in total. The first-order valence-corrected chi connectivity index (χ1v) is 10.0. The van der Waals surface area contributed by atoms with Crippen LogP contribution in [0, 0.1) is 17.4 Å². The van der Waals surface area contributed by atoms with Crippen molar-refractivity contribution in [3.05, 3.63) is 54.9 Å². The average molecular weight is 400 g/mol. The zero-order valence-corrected chi connectivity index (χ0v) is 17.1. The number of aliphatic imine (C=N–C) groups is 1. The van der Waals surface area contributed by atoms with Crippen LogP contribution in [-0.4, -0.2) is 51.7 Å². The summed E-state index contributed by atoms with van der Waals surface area (Å²) in [4.78, 5) is 13.0. The summed E-state index contributed by atoms with van der Waals surface area (Å²) in [6.07, 6.45) is 5.42. The molecule has 0 radical (unpaired) electrons. The van der Waals surface area contributed by atoms with Crippen molar-refractivity contribution in [1.29, 1.82) is 5.26 Å². The Labute approximate surface area is 175 Å². The van der Waals surface area contributed by atoms with Crippen LogP contribution in [0.4, 0.5) is 11.5 Å². The van der Waals surface area contributed by atoms with Gasteiger partial charge in [0.05, 0.1) is 17.2 Å². The Morgan fingerprint density at radius 3 is 2.80 bits per heavy atom. The topological polar surface area (TPSA) is 93.3 Å². The van der Waals surface area contributed by atoms with E-state index in [1.54, 1.807) is 12.4 Å². The number of guanidine groups is 1. The molecule has 0 amide bonds. The number of rotatable bonds is 3. The lowest BCUT2D eigenvalue weighted by molar-refractivity contribution is 0.223. The zero-order valence-electron chi connectivity index (χ0n) is 17.1. The van der Waals surface area contributed by atoms with E-state index in [1.165, 1.54) is 0 Å². The fourth-order valence-corrected chi connectivity index (χ4v) is 3.86. The minimum absolute atomic E-state index is 0.161. The molecule has 1 unspecified atom stereocenters. The number of nitrogens with zero attached hydrogens (tertiary/aromatic N) is 7. The molecule has 0 saturated carbocycles. The van der Waals surface area contributed by atoms with Crippen molar-refractivity contribution in [3.8, 4) is 6.19 Å². The highest BCUT2D eigenvalue weighted by Crippen LogP contribution is 2.25. The van der Waals surface area contributed by atoms with Crippen molar-refractivity contribution in [1.82, 2.24) is 20.1 Å². The molecule has 152 valence electrons. The van der Waals surface area contributed by atoms with Gasteiger partial charge in [0.15, 0.2) is 5.82 Å². The number of aromatic nitrogens is 3. The summed E-state index contributed by atoms with van der Waals surface area (Å²) in [5.74, 6) is 1.78. The predicted octanol–water partition coefficient (Wildman–Crippen LogP) is 3.12. The Kier molecular flexibility index (Phi) is 5.70. The molecular formula is C22H24N8. The molecular weight excluding hydrogens is 376 g/mol. The van der Waals surface area contributed by atoms with Crippen LogP contribution in [0.2, 0.25) is 0 Å². The molecule has 1 aliphatic heterocycles. The van der Waals surface area contributed by atoms with Crippen molar-refractivity contribution in [2.24, 2.45) is 10.9 Å². The highest BCUT2D eigenvalue weighted by molar-refractivity contribution is 6.02. The van der Waals surface area contributed by atoms with Gasteiger partial charge in [-0.25, -0.2) is 0 Å². The van der Waals surface area contributed by atoms with Crippen LogP contribution in [0.15, 0.2) is 59.9 Å². The number of nitrogens with one attached hydrogen (secondary N) is 1. The van der Waals surface area contributed by atoms with Gasteiger partial charge in [-0.2, -0.15) is 10.4 Å². The number of hydrogen-bond donors (Lipinski definition) is 1. The van der Waals surface area contributed by atoms with E-state index in [4.69, 9.17) is 0 Å². The summed E-state index contributed by atoms with van der Waals surface area (Å²) < 4.78 is 0. The number of hydrogen-bond acceptors (Lipinski definition) is 6. The highest BCUT2D eigenvalue weighted by Gasteiger charge is 2.32. The molecule has 1 fully saturated rings. The minimum atomic E-state index is 0.161. The summed E-state index contributed by atoms with van der Waals surface area (Å²) in [5.41, 5.74) is 1.78. The molecule has 1 atom stereocenters. The molecule has 0 spiro atoms. The van der Waals surface area contributed by atoms with Gasteiger partial charge in [-0.1, -0.05) is 19.9 Å². The summed E-state index contributed by atoms with van der Waals surface area (Å²) >= 11 is 0. The van der Waals surface area contributed by atoms with Crippen molar-refractivity contribution in [3.63, 3.8) is 0 Å². The molecule has 3 aromatic rings. The van der Waals surface area contributed by atoms with E-state index in [1.807, 2.05) is 48.7 Å². The molecule has 3 heterocycles. The van der Waals surface area contributed by atoms with Crippen LogP contribution >= 0.6 is 0 Å². The first-order valence-electron chi connectivity index (χ1n) is 10.0.